The van der Waals surface area contributed by atoms with Gasteiger partial charge in [-0.3, -0.25) is 9.69 Å². The summed E-state index contributed by atoms with van der Waals surface area (Å²) in [6.45, 7) is 3.82. The molecule has 2 N–H and O–H groups in total. The summed E-state index contributed by atoms with van der Waals surface area (Å²) >= 11 is 0. The van der Waals surface area contributed by atoms with Crippen LogP contribution in [-0.4, -0.2) is 74.0 Å². The van der Waals surface area contributed by atoms with Gasteiger partial charge < -0.3 is 26.1 Å². The van der Waals surface area contributed by atoms with Crippen molar-refractivity contribution in [2.45, 2.75) is 6.10 Å². The average Bonchev–Trinajstić information content (AvgIpc) is 2.52. The fourth-order valence-corrected chi connectivity index (χ4v) is 2.48. The van der Waals surface area contributed by atoms with Gasteiger partial charge in [-0.1, -0.05) is 0 Å². The second-order valence-electron chi connectivity index (χ2n) is 5.73. The smallest absolute Gasteiger partial charge is 1.00 e. The molecule has 0 bridgehead atoms. The van der Waals surface area contributed by atoms with Crippen LogP contribution >= 0.6 is 0 Å². The Labute approximate surface area is 159 Å². The molecule has 1 amide bonds. The second kappa shape index (κ2) is 9.22. The van der Waals surface area contributed by atoms with Gasteiger partial charge in [-0.25, -0.2) is 4.79 Å². The summed E-state index contributed by atoms with van der Waals surface area (Å²) in [5.74, 6) is -0.824. The van der Waals surface area contributed by atoms with Gasteiger partial charge in [-0.05, 0) is 18.2 Å². The summed E-state index contributed by atoms with van der Waals surface area (Å²) in [6, 6.07) is 4.43. The number of carbonyl (C=O) groups excluding carboxylic acids is 1. The molecule has 0 aromatic heterocycles. The molecule has 9 heteroatoms. The summed E-state index contributed by atoms with van der Waals surface area (Å²) in [5, 5.41) is 11.9. The number of ether oxygens (including phenoxy) is 3. The van der Waals surface area contributed by atoms with E-state index < -0.39 is 5.97 Å². The third-order valence-corrected chi connectivity index (χ3v) is 3.87. The first-order valence-electron chi connectivity index (χ1n) is 7.83. The monoisotopic (exact) mass is 344 g/mol. The van der Waals surface area contributed by atoms with Crippen LogP contribution in [0.3, 0.4) is 0 Å². The average molecular weight is 344 g/mol. The van der Waals surface area contributed by atoms with Gasteiger partial charge in [0, 0.05) is 13.1 Å². The standard InChI is InChI=1S/C16H20N2O6.Li.H/c19-15(8-18-3-5-22-6-4-18)17-13-7-11(16(20)21)1-2-14(13)24-12-9-23-10-12;;/h1-2,7,12H,3-6,8-10H2,(H,17,19)(H,20,21);;/q;+1;-1. The molecule has 0 atom stereocenters. The Hall–Kier alpha value is -1.56. The Balaban J connectivity index is 0.00000169. The zero-order valence-corrected chi connectivity index (χ0v) is 14.2. The number of carboxylic acid groups (broad SMARTS) is 1. The van der Waals surface area contributed by atoms with Crippen molar-refractivity contribution in [3.8, 4) is 5.75 Å². The van der Waals surface area contributed by atoms with Gasteiger partial charge in [-0.2, -0.15) is 0 Å². The molecule has 2 heterocycles. The van der Waals surface area contributed by atoms with Crippen LogP contribution in [0.1, 0.15) is 11.8 Å². The molecule has 3 rings (SSSR count). The molecule has 0 saturated carbocycles. The van der Waals surface area contributed by atoms with Crippen LogP contribution < -0.4 is 28.9 Å². The maximum absolute atomic E-state index is 12.3. The molecule has 2 saturated heterocycles. The molecule has 1 aromatic rings. The number of nitrogens with zero attached hydrogens (tertiary/aromatic N) is 1. The first-order valence-corrected chi connectivity index (χ1v) is 7.83. The minimum Gasteiger partial charge on any atom is -1.00 e. The number of carbonyl (C=O) groups is 2. The van der Waals surface area contributed by atoms with Crippen molar-refractivity contribution in [1.29, 1.82) is 0 Å². The number of aromatic carboxylic acids is 1. The molecule has 132 valence electrons. The molecule has 0 spiro atoms. The molecule has 25 heavy (non-hydrogen) atoms. The summed E-state index contributed by atoms with van der Waals surface area (Å²) in [7, 11) is 0. The SMILES string of the molecule is O=C(CN1CCOCC1)Nc1cc(C(=O)O)ccc1OC1COC1.[H-].[Li+]. The maximum Gasteiger partial charge on any atom is 1.00 e. The van der Waals surface area contributed by atoms with Gasteiger partial charge in [-0.15, -0.1) is 0 Å². The minimum absolute atomic E-state index is 0. The third kappa shape index (κ3) is 5.46. The zero-order valence-electron chi connectivity index (χ0n) is 15.2. The van der Waals surface area contributed by atoms with E-state index in [1.54, 1.807) is 6.07 Å². The van der Waals surface area contributed by atoms with Crippen molar-refractivity contribution in [3.05, 3.63) is 23.8 Å². The van der Waals surface area contributed by atoms with Gasteiger partial charge >= 0.3 is 24.8 Å². The van der Waals surface area contributed by atoms with Crippen molar-refractivity contribution in [3.63, 3.8) is 0 Å². The van der Waals surface area contributed by atoms with Crippen LogP contribution in [-0.2, 0) is 14.3 Å². The van der Waals surface area contributed by atoms with Crippen molar-refractivity contribution < 1.29 is 49.2 Å². The Morgan fingerprint density at radius 2 is 2.00 bits per heavy atom. The number of amides is 1. The van der Waals surface area contributed by atoms with E-state index in [9.17, 15) is 9.59 Å². The number of morpholine rings is 1. The Bertz CT molecular complexity index is 623. The predicted molar refractivity (Wildman–Crippen MR) is 85.6 cm³/mol. The number of nitrogens with one attached hydrogen (secondary N) is 1. The van der Waals surface area contributed by atoms with Crippen molar-refractivity contribution >= 4 is 17.6 Å². The molecule has 0 radical (unpaired) electrons. The Kier molecular flexibility index (Phi) is 7.29. The van der Waals surface area contributed by atoms with Crippen molar-refractivity contribution in [2.24, 2.45) is 0 Å². The molecule has 0 aliphatic carbocycles. The topological polar surface area (TPSA) is 97.3 Å². The fraction of sp³-hybridized carbons (Fsp3) is 0.500. The largest absolute Gasteiger partial charge is 1.00 e. The van der Waals surface area contributed by atoms with Gasteiger partial charge in [0.15, 0.2) is 0 Å². The van der Waals surface area contributed by atoms with Crippen LogP contribution in [0.25, 0.3) is 0 Å². The predicted octanol–water partition coefficient (Wildman–Crippen LogP) is -2.45. The van der Waals surface area contributed by atoms with Crippen LogP contribution in [0.4, 0.5) is 5.69 Å². The van der Waals surface area contributed by atoms with Crippen LogP contribution in [0.5, 0.6) is 5.75 Å². The second-order valence-corrected chi connectivity index (χ2v) is 5.73. The molecule has 2 aliphatic heterocycles. The first kappa shape index (κ1) is 19.8. The van der Waals surface area contributed by atoms with Gasteiger partial charge in [0.05, 0.1) is 44.2 Å². The summed E-state index contributed by atoms with van der Waals surface area (Å²) < 4.78 is 16.1. The van der Waals surface area contributed by atoms with Crippen LogP contribution in [0.15, 0.2) is 18.2 Å². The molecule has 2 aliphatic rings. The quantitative estimate of drug-likeness (QED) is 0.553. The molecule has 2 fully saturated rings. The Morgan fingerprint density at radius 3 is 2.60 bits per heavy atom. The number of hydrogen-bond acceptors (Lipinski definition) is 6. The maximum atomic E-state index is 12.3. The van der Waals surface area contributed by atoms with E-state index in [4.69, 9.17) is 19.3 Å². The van der Waals surface area contributed by atoms with Gasteiger partial charge in [0.2, 0.25) is 5.91 Å². The summed E-state index contributed by atoms with van der Waals surface area (Å²) in [5.41, 5.74) is 0.453. The van der Waals surface area contributed by atoms with E-state index in [-0.39, 0.29) is 44.4 Å². The normalized spacial score (nSPS) is 17.9. The molecule has 1 aromatic carbocycles. The number of anilines is 1. The van der Waals surface area contributed by atoms with E-state index in [1.807, 2.05) is 4.90 Å². The van der Waals surface area contributed by atoms with E-state index in [1.165, 1.54) is 12.1 Å². The van der Waals surface area contributed by atoms with E-state index in [2.05, 4.69) is 5.32 Å². The molecular formula is C16H21LiN2O6. The van der Waals surface area contributed by atoms with Crippen LogP contribution in [0, 0.1) is 0 Å². The number of rotatable bonds is 6. The zero-order chi connectivity index (χ0) is 16.9. The third-order valence-electron chi connectivity index (χ3n) is 3.87. The first-order chi connectivity index (χ1) is 11.6. The number of hydrogen-bond donors (Lipinski definition) is 2. The van der Waals surface area contributed by atoms with Gasteiger partial charge in [0.1, 0.15) is 11.9 Å². The Morgan fingerprint density at radius 1 is 1.28 bits per heavy atom. The fourth-order valence-electron chi connectivity index (χ4n) is 2.48. The molecular weight excluding hydrogens is 323 g/mol. The van der Waals surface area contributed by atoms with Crippen molar-refractivity contribution in [2.75, 3.05) is 51.4 Å². The molecule has 8 nitrogen and oxygen atoms in total. The van der Waals surface area contributed by atoms with E-state index in [0.29, 0.717) is 51.0 Å². The molecule has 0 unspecified atom stereocenters. The summed E-state index contributed by atoms with van der Waals surface area (Å²) in [4.78, 5) is 25.4. The minimum atomic E-state index is -1.06. The van der Waals surface area contributed by atoms with E-state index in [0.717, 1.165) is 0 Å². The van der Waals surface area contributed by atoms with Gasteiger partial charge in [0.25, 0.3) is 0 Å². The van der Waals surface area contributed by atoms with Crippen LogP contribution in [0.2, 0.25) is 0 Å². The van der Waals surface area contributed by atoms with E-state index >= 15 is 0 Å². The number of carboxylic acids is 1. The summed E-state index contributed by atoms with van der Waals surface area (Å²) in [6.07, 6.45) is -0.0735. The van der Waals surface area contributed by atoms with Crippen molar-refractivity contribution in [1.82, 2.24) is 4.90 Å². The number of benzene rings is 1.